The van der Waals surface area contributed by atoms with Crippen LogP contribution >= 0.6 is 0 Å². The summed E-state index contributed by atoms with van der Waals surface area (Å²) in [7, 11) is 0. The highest BCUT2D eigenvalue weighted by atomic mass is 14.6. The van der Waals surface area contributed by atoms with Gasteiger partial charge in [-0.3, -0.25) is 0 Å². The van der Waals surface area contributed by atoms with E-state index in [9.17, 15) is 0 Å². The molecule has 106 valence electrons. The first-order chi connectivity index (χ1) is 10.1. The average molecular weight is 275 g/mol. The second-order valence-electron chi connectivity index (χ2n) is 5.91. The van der Waals surface area contributed by atoms with E-state index in [1.165, 1.54) is 33.0 Å². The van der Waals surface area contributed by atoms with Crippen molar-refractivity contribution in [2.24, 2.45) is 5.73 Å². The molecule has 2 N–H and O–H groups in total. The van der Waals surface area contributed by atoms with Crippen LogP contribution in [0.3, 0.4) is 0 Å². The number of fused-ring (bicyclic) bond motifs is 1. The van der Waals surface area contributed by atoms with Gasteiger partial charge < -0.3 is 5.73 Å². The first kappa shape index (κ1) is 13.8. The molecule has 0 radical (unpaired) electrons. The molecule has 0 aromatic heterocycles. The van der Waals surface area contributed by atoms with Crippen molar-refractivity contribution in [2.45, 2.75) is 26.3 Å². The Bertz CT molecular complexity index is 753. The van der Waals surface area contributed by atoms with Crippen molar-refractivity contribution in [2.75, 3.05) is 0 Å². The summed E-state index contributed by atoms with van der Waals surface area (Å²) in [5.41, 5.74) is 11.5. The zero-order valence-electron chi connectivity index (χ0n) is 12.6. The largest absolute Gasteiger partial charge is 0.324 e. The van der Waals surface area contributed by atoms with Gasteiger partial charge in [0.25, 0.3) is 0 Å². The SMILES string of the molecule is Cc1cc(C)cc(CC(N)c2ccc3ccccc3c2)c1. The van der Waals surface area contributed by atoms with E-state index in [-0.39, 0.29) is 6.04 Å². The Hall–Kier alpha value is -2.12. The van der Waals surface area contributed by atoms with Crippen molar-refractivity contribution < 1.29 is 0 Å². The van der Waals surface area contributed by atoms with Gasteiger partial charge in [-0.05, 0) is 48.2 Å². The Morgan fingerprint density at radius 1 is 0.810 bits per heavy atom. The van der Waals surface area contributed by atoms with Gasteiger partial charge in [-0.15, -0.1) is 0 Å². The van der Waals surface area contributed by atoms with Crippen LogP contribution in [-0.2, 0) is 6.42 Å². The van der Waals surface area contributed by atoms with Crippen molar-refractivity contribution in [3.05, 3.63) is 82.9 Å². The average Bonchev–Trinajstić information content (AvgIpc) is 2.45. The lowest BCUT2D eigenvalue weighted by Crippen LogP contribution is -2.13. The fourth-order valence-corrected chi connectivity index (χ4v) is 3.00. The van der Waals surface area contributed by atoms with Crippen LogP contribution in [0.1, 0.15) is 28.3 Å². The third-order valence-electron chi connectivity index (χ3n) is 3.94. The van der Waals surface area contributed by atoms with E-state index in [4.69, 9.17) is 5.73 Å². The van der Waals surface area contributed by atoms with Crippen molar-refractivity contribution in [3.63, 3.8) is 0 Å². The molecular weight excluding hydrogens is 254 g/mol. The maximum absolute atomic E-state index is 6.42. The number of hydrogen-bond donors (Lipinski definition) is 1. The van der Waals surface area contributed by atoms with E-state index < -0.39 is 0 Å². The van der Waals surface area contributed by atoms with Crippen LogP contribution in [0.15, 0.2) is 60.7 Å². The molecule has 3 aromatic carbocycles. The van der Waals surface area contributed by atoms with E-state index >= 15 is 0 Å². The minimum absolute atomic E-state index is 0.0378. The molecule has 1 atom stereocenters. The first-order valence-corrected chi connectivity index (χ1v) is 7.43. The molecule has 1 heteroatoms. The standard InChI is InChI=1S/C20H21N/c1-14-9-15(2)11-16(10-14)12-20(21)19-8-7-17-5-3-4-6-18(17)13-19/h3-11,13,20H,12,21H2,1-2H3. The fourth-order valence-electron chi connectivity index (χ4n) is 3.00. The molecule has 0 bridgehead atoms. The summed E-state index contributed by atoms with van der Waals surface area (Å²) in [6.07, 6.45) is 0.876. The maximum Gasteiger partial charge on any atom is 0.0335 e. The van der Waals surface area contributed by atoms with Crippen LogP contribution in [0.5, 0.6) is 0 Å². The summed E-state index contributed by atoms with van der Waals surface area (Å²) >= 11 is 0. The second-order valence-corrected chi connectivity index (χ2v) is 5.91. The van der Waals surface area contributed by atoms with E-state index in [1.807, 2.05) is 0 Å². The summed E-state index contributed by atoms with van der Waals surface area (Å²) in [6, 6.07) is 21.6. The molecule has 1 nitrogen and oxygen atoms in total. The predicted octanol–water partition coefficient (Wildman–Crippen LogP) is 4.70. The van der Waals surface area contributed by atoms with Gasteiger partial charge in [-0.1, -0.05) is 65.7 Å². The van der Waals surface area contributed by atoms with E-state index in [0.29, 0.717) is 0 Å². The van der Waals surface area contributed by atoms with Gasteiger partial charge in [0, 0.05) is 6.04 Å². The highest BCUT2D eigenvalue weighted by Gasteiger charge is 2.08. The molecule has 21 heavy (non-hydrogen) atoms. The molecule has 0 heterocycles. The molecule has 3 aromatic rings. The van der Waals surface area contributed by atoms with E-state index in [0.717, 1.165) is 6.42 Å². The smallest absolute Gasteiger partial charge is 0.0335 e. The molecule has 0 aliphatic heterocycles. The van der Waals surface area contributed by atoms with Crippen molar-refractivity contribution in [1.82, 2.24) is 0 Å². The van der Waals surface area contributed by atoms with Gasteiger partial charge in [0.15, 0.2) is 0 Å². The maximum atomic E-state index is 6.42. The second kappa shape index (κ2) is 5.71. The number of rotatable bonds is 3. The zero-order valence-corrected chi connectivity index (χ0v) is 12.6. The molecule has 0 fully saturated rings. The Labute approximate surface area is 126 Å². The normalized spacial score (nSPS) is 12.5. The van der Waals surface area contributed by atoms with Gasteiger partial charge >= 0.3 is 0 Å². The Morgan fingerprint density at radius 2 is 1.48 bits per heavy atom. The van der Waals surface area contributed by atoms with Crippen LogP contribution in [0.2, 0.25) is 0 Å². The van der Waals surface area contributed by atoms with Gasteiger partial charge in [-0.2, -0.15) is 0 Å². The molecule has 0 aliphatic rings. The predicted molar refractivity (Wildman–Crippen MR) is 90.5 cm³/mol. The Morgan fingerprint density at radius 3 is 2.19 bits per heavy atom. The Kier molecular flexibility index (Phi) is 3.76. The molecule has 0 saturated carbocycles. The van der Waals surface area contributed by atoms with E-state index in [2.05, 4.69) is 74.5 Å². The summed E-state index contributed by atoms with van der Waals surface area (Å²) in [6.45, 7) is 4.27. The van der Waals surface area contributed by atoms with Crippen molar-refractivity contribution in [3.8, 4) is 0 Å². The highest BCUT2D eigenvalue weighted by molar-refractivity contribution is 5.83. The van der Waals surface area contributed by atoms with Crippen LogP contribution < -0.4 is 5.73 Å². The zero-order chi connectivity index (χ0) is 14.8. The van der Waals surface area contributed by atoms with E-state index in [1.54, 1.807) is 0 Å². The van der Waals surface area contributed by atoms with Gasteiger partial charge in [0.2, 0.25) is 0 Å². The fraction of sp³-hybridized carbons (Fsp3) is 0.200. The van der Waals surface area contributed by atoms with Gasteiger partial charge in [-0.25, -0.2) is 0 Å². The third kappa shape index (κ3) is 3.14. The monoisotopic (exact) mass is 275 g/mol. The van der Waals surface area contributed by atoms with Gasteiger partial charge in [0.1, 0.15) is 0 Å². The van der Waals surface area contributed by atoms with Crippen LogP contribution in [0, 0.1) is 13.8 Å². The first-order valence-electron chi connectivity index (χ1n) is 7.43. The van der Waals surface area contributed by atoms with Crippen molar-refractivity contribution in [1.29, 1.82) is 0 Å². The number of benzene rings is 3. The summed E-state index contributed by atoms with van der Waals surface area (Å²) < 4.78 is 0. The lowest BCUT2D eigenvalue weighted by Gasteiger charge is -2.14. The topological polar surface area (TPSA) is 26.0 Å². The van der Waals surface area contributed by atoms with Crippen LogP contribution in [0.4, 0.5) is 0 Å². The van der Waals surface area contributed by atoms with Gasteiger partial charge in [0.05, 0.1) is 0 Å². The van der Waals surface area contributed by atoms with Crippen molar-refractivity contribution >= 4 is 10.8 Å². The molecule has 0 amide bonds. The number of hydrogen-bond acceptors (Lipinski definition) is 1. The molecule has 0 saturated heterocycles. The molecular formula is C20H21N. The van der Waals surface area contributed by atoms with Crippen LogP contribution in [0.25, 0.3) is 10.8 Å². The Balaban J connectivity index is 1.87. The summed E-state index contributed by atoms with van der Waals surface area (Å²) in [5.74, 6) is 0. The lowest BCUT2D eigenvalue weighted by molar-refractivity contribution is 0.722. The molecule has 0 spiro atoms. The highest BCUT2D eigenvalue weighted by Crippen LogP contribution is 2.22. The molecule has 3 rings (SSSR count). The number of nitrogens with two attached hydrogens (primary N) is 1. The minimum atomic E-state index is 0.0378. The number of aryl methyl sites for hydroxylation is 2. The third-order valence-corrected chi connectivity index (χ3v) is 3.94. The summed E-state index contributed by atoms with van der Waals surface area (Å²) in [5, 5.41) is 2.52. The summed E-state index contributed by atoms with van der Waals surface area (Å²) in [4.78, 5) is 0. The molecule has 0 aliphatic carbocycles. The minimum Gasteiger partial charge on any atom is -0.324 e. The lowest BCUT2D eigenvalue weighted by atomic mass is 9.95. The van der Waals surface area contributed by atoms with Crippen LogP contribution in [-0.4, -0.2) is 0 Å². The quantitative estimate of drug-likeness (QED) is 0.736. The molecule has 1 unspecified atom stereocenters.